The first-order valence-corrected chi connectivity index (χ1v) is 9.54. The number of benzene rings is 1. The fourth-order valence-corrected chi connectivity index (χ4v) is 4.07. The Balaban J connectivity index is 1.63. The molecule has 0 radical (unpaired) electrons. The summed E-state index contributed by atoms with van der Waals surface area (Å²) in [5.41, 5.74) is 2.39. The van der Waals surface area contributed by atoms with Gasteiger partial charge in [-0.15, -0.1) is 0 Å². The van der Waals surface area contributed by atoms with Crippen LogP contribution in [0.4, 0.5) is 4.39 Å². The van der Waals surface area contributed by atoms with Crippen LogP contribution in [0.25, 0.3) is 0 Å². The van der Waals surface area contributed by atoms with E-state index in [2.05, 4.69) is 26.6 Å². The molecule has 1 aromatic heterocycles. The summed E-state index contributed by atoms with van der Waals surface area (Å²) in [5, 5.41) is 13.7. The predicted molar refractivity (Wildman–Crippen MR) is 98.4 cm³/mol. The number of hydrogen-bond donors (Lipinski definition) is 1. The molecular weight excluding hydrogens is 339 g/mol. The third kappa shape index (κ3) is 4.79. The molecule has 1 saturated heterocycles. The van der Waals surface area contributed by atoms with Gasteiger partial charge in [0, 0.05) is 45.4 Å². The molecule has 3 rings (SSSR count). The average molecular weight is 364 g/mol. The Kier molecular flexibility index (Phi) is 6.42. The number of aliphatic hydroxyl groups is 1. The highest BCUT2D eigenvalue weighted by Crippen LogP contribution is 2.22. The number of rotatable bonds is 7. The molecule has 1 aliphatic rings. The molecule has 1 atom stereocenters. The third-order valence-corrected chi connectivity index (χ3v) is 5.47. The molecule has 0 saturated carbocycles. The Morgan fingerprint density at radius 3 is 2.84 bits per heavy atom. The van der Waals surface area contributed by atoms with Gasteiger partial charge in [-0.25, -0.2) is 4.39 Å². The van der Waals surface area contributed by atoms with Crippen molar-refractivity contribution in [2.45, 2.75) is 25.6 Å². The van der Waals surface area contributed by atoms with Crippen molar-refractivity contribution in [1.82, 2.24) is 9.80 Å². The Hall–Kier alpha value is -1.47. The van der Waals surface area contributed by atoms with Crippen LogP contribution in [0.2, 0.25) is 0 Å². The summed E-state index contributed by atoms with van der Waals surface area (Å²) in [6.07, 6.45) is 0.771. The number of aliphatic hydroxyl groups excluding tert-OH is 1. The minimum Gasteiger partial charge on any atom is -0.494 e. The van der Waals surface area contributed by atoms with Crippen molar-refractivity contribution in [3.63, 3.8) is 0 Å². The van der Waals surface area contributed by atoms with Crippen molar-refractivity contribution < 1.29 is 14.2 Å². The fraction of sp³-hybridized carbons (Fsp3) is 0.474. The number of nitrogens with zero attached hydrogens (tertiary/aromatic N) is 2. The molecule has 0 amide bonds. The maximum Gasteiger partial charge on any atom is 0.165 e. The average Bonchev–Trinajstić information content (AvgIpc) is 3.12. The lowest BCUT2D eigenvalue weighted by Crippen LogP contribution is -2.52. The summed E-state index contributed by atoms with van der Waals surface area (Å²) in [6.45, 7) is 4.75. The molecule has 1 fully saturated rings. The Labute approximate surface area is 152 Å². The van der Waals surface area contributed by atoms with Crippen molar-refractivity contribution in [2.24, 2.45) is 0 Å². The molecule has 6 heteroatoms. The highest BCUT2D eigenvalue weighted by molar-refractivity contribution is 7.07. The van der Waals surface area contributed by atoms with Crippen LogP contribution in [-0.4, -0.2) is 54.3 Å². The van der Waals surface area contributed by atoms with Gasteiger partial charge in [-0.05, 0) is 46.5 Å². The van der Waals surface area contributed by atoms with Gasteiger partial charge < -0.3 is 9.84 Å². The van der Waals surface area contributed by atoms with Crippen molar-refractivity contribution in [3.05, 3.63) is 52.0 Å². The summed E-state index contributed by atoms with van der Waals surface area (Å²) >= 11 is 1.72. The molecule has 136 valence electrons. The van der Waals surface area contributed by atoms with Crippen molar-refractivity contribution in [1.29, 1.82) is 0 Å². The summed E-state index contributed by atoms with van der Waals surface area (Å²) in [4.78, 5) is 4.83. The highest BCUT2D eigenvalue weighted by atomic mass is 32.1. The molecule has 1 aromatic carbocycles. The predicted octanol–water partition coefficient (Wildman–Crippen LogP) is 2.96. The van der Waals surface area contributed by atoms with Gasteiger partial charge in [-0.2, -0.15) is 11.3 Å². The lowest BCUT2D eigenvalue weighted by molar-refractivity contribution is 0.0500. The maximum absolute atomic E-state index is 13.6. The SMILES string of the molecule is COc1cc(CN2CCN(Cc3ccsc3)[C@@H](CCO)C2)ccc1F. The standard InChI is InChI=1S/C19H25FN2O2S/c1-24-19-10-15(2-3-18(19)20)11-21-6-7-22(17(13-21)4-8-23)12-16-5-9-25-14-16/h2-3,5,9-10,14,17,23H,4,6-8,11-13H2,1H3/t17-/m0/s1. The first-order valence-electron chi connectivity index (χ1n) is 8.60. The topological polar surface area (TPSA) is 35.9 Å². The molecule has 25 heavy (non-hydrogen) atoms. The number of methoxy groups -OCH3 is 1. The molecular formula is C19H25FN2O2S. The smallest absolute Gasteiger partial charge is 0.165 e. The molecule has 2 heterocycles. The maximum atomic E-state index is 13.6. The van der Waals surface area contributed by atoms with Crippen molar-refractivity contribution >= 4 is 11.3 Å². The molecule has 2 aromatic rings. The van der Waals surface area contributed by atoms with E-state index in [9.17, 15) is 9.50 Å². The normalized spacial score (nSPS) is 19.2. The summed E-state index contributed by atoms with van der Waals surface area (Å²) in [6, 6.07) is 7.55. The van der Waals surface area contributed by atoms with Crippen LogP contribution < -0.4 is 4.74 Å². The van der Waals surface area contributed by atoms with Crippen LogP contribution in [0.5, 0.6) is 5.75 Å². The zero-order chi connectivity index (χ0) is 17.6. The first-order chi connectivity index (χ1) is 12.2. The van der Waals surface area contributed by atoms with E-state index in [4.69, 9.17) is 4.74 Å². The Morgan fingerprint density at radius 2 is 2.12 bits per heavy atom. The first kappa shape index (κ1) is 18.3. The molecule has 4 nitrogen and oxygen atoms in total. The van der Waals surface area contributed by atoms with E-state index in [1.165, 1.54) is 18.7 Å². The summed E-state index contributed by atoms with van der Waals surface area (Å²) < 4.78 is 18.6. The van der Waals surface area contributed by atoms with Crippen LogP contribution in [0.15, 0.2) is 35.0 Å². The minimum absolute atomic E-state index is 0.197. The summed E-state index contributed by atoms with van der Waals surface area (Å²) in [7, 11) is 1.49. The van der Waals surface area contributed by atoms with E-state index < -0.39 is 0 Å². The number of thiophene rings is 1. The van der Waals surface area contributed by atoms with E-state index in [-0.39, 0.29) is 12.4 Å². The number of halogens is 1. The molecule has 0 aliphatic carbocycles. The molecule has 1 aliphatic heterocycles. The Bertz CT molecular complexity index is 665. The van der Waals surface area contributed by atoms with Gasteiger partial charge in [0.15, 0.2) is 11.6 Å². The van der Waals surface area contributed by atoms with Crippen LogP contribution >= 0.6 is 11.3 Å². The van der Waals surface area contributed by atoms with Gasteiger partial charge >= 0.3 is 0 Å². The number of piperazine rings is 1. The number of hydrogen-bond acceptors (Lipinski definition) is 5. The minimum atomic E-state index is -0.329. The second kappa shape index (κ2) is 8.76. The third-order valence-electron chi connectivity index (χ3n) is 4.74. The highest BCUT2D eigenvalue weighted by Gasteiger charge is 2.26. The van der Waals surface area contributed by atoms with Crippen LogP contribution in [-0.2, 0) is 13.1 Å². The molecule has 1 N–H and O–H groups in total. The molecule has 0 unspecified atom stereocenters. The van der Waals surface area contributed by atoms with Crippen LogP contribution in [0, 0.1) is 5.82 Å². The summed E-state index contributed by atoms with van der Waals surface area (Å²) in [5.74, 6) is -0.0366. The molecule has 0 spiro atoms. The van der Waals surface area contributed by atoms with Gasteiger partial charge in [0.25, 0.3) is 0 Å². The number of ether oxygens (including phenoxy) is 1. The van der Waals surface area contributed by atoms with Gasteiger partial charge in [0.05, 0.1) is 7.11 Å². The van der Waals surface area contributed by atoms with E-state index in [1.807, 2.05) is 6.07 Å². The van der Waals surface area contributed by atoms with E-state index in [1.54, 1.807) is 17.4 Å². The fourth-order valence-electron chi connectivity index (χ4n) is 3.41. The Morgan fingerprint density at radius 1 is 1.24 bits per heavy atom. The second-order valence-corrected chi connectivity index (χ2v) is 7.25. The lowest BCUT2D eigenvalue weighted by Gasteiger charge is -2.41. The lowest BCUT2D eigenvalue weighted by atomic mass is 10.1. The van der Waals surface area contributed by atoms with Gasteiger partial charge in [0.2, 0.25) is 0 Å². The molecule has 0 bridgehead atoms. The van der Waals surface area contributed by atoms with E-state index in [0.717, 1.165) is 44.7 Å². The largest absolute Gasteiger partial charge is 0.494 e. The van der Waals surface area contributed by atoms with Crippen molar-refractivity contribution in [3.8, 4) is 5.75 Å². The van der Waals surface area contributed by atoms with Crippen molar-refractivity contribution in [2.75, 3.05) is 33.4 Å². The van der Waals surface area contributed by atoms with Crippen LogP contribution in [0.3, 0.4) is 0 Å². The zero-order valence-electron chi connectivity index (χ0n) is 14.5. The van der Waals surface area contributed by atoms with Gasteiger partial charge in [-0.3, -0.25) is 9.80 Å². The van der Waals surface area contributed by atoms with Gasteiger partial charge in [0.1, 0.15) is 0 Å². The monoisotopic (exact) mass is 364 g/mol. The van der Waals surface area contributed by atoms with Gasteiger partial charge in [-0.1, -0.05) is 6.07 Å². The van der Waals surface area contributed by atoms with Crippen LogP contribution in [0.1, 0.15) is 17.5 Å². The zero-order valence-corrected chi connectivity index (χ0v) is 15.3. The second-order valence-electron chi connectivity index (χ2n) is 6.47. The van der Waals surface area contributed by atoms with E-state index >= 15 is 0 Å². The quantitative estimate of drug-likeness (QED) is 0.819. The van der Waals surface area contributed by atoms with E-state index in [0.29, 0.717) is 11.8 Å².